The first-order valence-corrected chi connectivity index (χ1v) is 23.3. The molecule has 0 aromatic heterocycles. The summed E-state index contributed by atoms with van der Waals surface area (Å²) >= 11 is 0. The Morgan fingerprint density at radius 3 is 2.60 bits per heavy atom. The number of nitrogens with two attached hydrogens (primary N) is 1. The van der Waals surface area contributed by atoms with Crippen LogP contribution in [0.1, 0.15) is 99.5 Å². The number of nitrogens with zero attached hydrogens (tertiary/aromatic N) is 1. The van der Waals surface area contributed by atoms with Crippen LogP contribution in [0.4, 0.5) is 0 Å². The van der Waals surface area contributed by atoms with Crippen LogP contribution in [0, 0.1) is 41.4 Å². The number of phenols is 1. The number of aliphatic hydroxyl groups excluding tert-OH is 2. The van der Waals surface area contributed by atoms with Crippen LogP contribution in [0.2, 0.25) is 0 Å². The number of fused-ring (bicyclic) bond motifs is 7. The zero-order valence-corrected chi connectivity index (χ0v) is 35.5. The molecule has 0 saturated heterocycles. The van der Waals surface area contributed by atoms with E-state index in [2.05, 4.69) is 54.2 Å². The Morgan fingerprint density at radius 1 is 1.00 bits per heavy atom. The Kier molecular flexibility index (Phi) is 14.0. The minimum Gasteiger partial charge on any atom is -0.504 e. The Balaban J connectivity index is 1.35. The molecule has 11 nitrogen and oxygen atoms in total. The number of phenolic OH excluding ortho intramolecular Hbond substituents is 1. The smallest absolute Gasteiger partial charge is 0.201 e. The van der Waals surface area contributed by atoms with Gasteiger partial charge in [0.1, 0.15) is 12.5 Å². The van der Waals surface area contributed by atoms with Crippen LogP contribution in [-0.2, 0) is 30.5 Å². The van der Waals surface area contributed by atoms with Gasteiger partial charge in [0.15, 0.2) is 29.0 Å². The Bertz CT molecular complexity index is 1980. The fourth-order valence-corrected chi connectivity index (χ4v) is 11.8. The van der Waals surface area contributed by atoms with Crippen LogP contribution >= 0.6 is 21.6 Å². The first kappa shape index (κ1) is 42.4. The van der Waals surface area contributed by atoms with Gasteiger partial charge in [0, 0.05) is 65.7 Å². The fraction of sp³-hybridized carbons (Fsp3) is 0.600. The van der Waals surface area contributed by atoms with Crippen molar-refractivity contribution in [3.63, 3.8) is 0 Å². The van der Waals surface area contributed by atoms with E-state index >= 15 is 0 Å². The number of nitrogens with one attached hydrogen (secondary N) is 2. The van der Waals surface area contributed by atoms with Gasteiger partial charge in [0.05, 0.1) is 30.9 Å². The molecule has 2 aromatic carbocycles. The molecule has 312 valence electrons. The second-order valence-corrected chi connectivity index (χ2v) is 19.3. The molecule has 4 heterocycles. The second kappa shape index (κ2) is 19.1. The van der Waals surface area contributed by atoms with E-state index in [9.17, 15) is 20.1 Å². The van der Waals surface area contributed by atoms with Gasteiger partial charge >= 0.3 is 0 Å². The van der Waals surface area contributed by atoms with Crippen LogP contribution < -0.4 is 30.6 Å². The number of rotatable bonds is 2. The maximum atomic E-state index is 13.2. The third-order valence-electron chi connectivity index (χ3n) is 12.5. The van der Waals surface area contributed by atoms with Gasteiger partial charge < -0.3 is 40.6 Å². The van der Waals surface area contributed by atoms with Gasteiger partial charge in [0.25, 0.3) is 0 Å². The van der Waals surface area contributed by atoms with E-state index < -0.39 is 18.4 Å². The summed E-state index contributed by atoms with van der Waals surface area (Å²) in [6, 6.07) is 5.09. The van der Waals surface area contributed by atoms with Crippen LogP contribution in [0.5, 0.6) is 23.0 Å². The molecule has 0 unspecified atom stereocenters. The summed E-state index contributed by atoms with van der Waals surface area (Å²) in [5, 5.41) is 41.2. The number of carbonyl (C=O) groups is 1. The number of aryl methyl sites for hydroxylation is 2. The van der Waals surface area contributed by atoms with E-state index in [1.54, 1.807) is 33.7 Å². The molecule has 58 heavy (non-hydrogen) atoms. The maximum Gasteiger partial charge on any atom is 0.201 e. The number of ketones is 1. The number of aliphatic hydroxyl groups is 2. The monoisotopic (exact) mass is 830 g/mol. The highest BCUT2D eigenvalue weighted by atomic mass is 33.1. The van der Waals surface area contributed by atoms with Crippen LogP contribution in [0.3, 0.4) is 0 Å². The van der Waals surface area contributed by atoms with Crippen LogP contribution in [0.25, 0.3) is 0 Å². The Labute approximate surface area is 350 Å². The molecule has 13 heteroatoms. The summed E-state index contributed by atoms with van der Waals surface area (Å²) in [5.41, 5.74) is 10.4. The highest BCUT2D eigenvalue weighted by molar-refractivity contribution is 8.76. The van der Waals surface area contributed by atoms with Crippen molar-refractivity contribution in [1.29, 1.82) is 0 Å². The minimum absolute atomic E-state index is 0.0291. The lowest BCUT2D eigenvalue weighted by Gasteiger charge is -2.41. The van der Waals surface area contributed by atoms with Crippen molar-refractivity contribution in [2.75, 3.05) is 25.3 Å². The number of hydrogen-bond acceptors (Lipinski definition) is 13. The molecule has 7 N–H and O–H groups in total. The summed E-state index contributed by atoms with van der Waals surface area (Å²) in [6.07, 6.45) is 6.23. The first-order valence-electron chi connectivity index (χ1n) is 20.8. The number of Topliss-reactive ketones (excluding diaryl/α,β-unsaturated/α-hetero) is 1. The number of hydrogen-bond donors (Lipinski definition) is 6. The molecular formula is C45H58N4O7S2. The normalized spacial score (nSPS) is 27.8. The molecule has 6 aliphatic rings. The maximum absolute atomic E-state index is 13.2. The quantitative estimate of drug-likeness (QED) is 0.169. The van der Waals surface area contributed by atoms with Gasteiger partial charge in [-0.25, -0.2) is 4.99 Å². The van der Waals surface area contributed by atoms with Gasteiger partial charge in [-0.05, 0) is 61.6 Å². The number of guanidine groups is 1. The molecule has 0 radical (unpaired) electrons. The standard InChI is InChI=1S/C45H58N4O7S2/c1-27(2)38-25-58-57-24-36-35-23-34-29-13-16-32(51)22-31(50)15-12-28-14-17-39(52)41(54-3)33(28)10-7-9-30(21-29)40(42(34)56-43(35)53)55-26-47-45(18-5-4-6-19-45)20-8-11-37(36)48-44(46)49-38/h14,17,21,27,32,35-38,43,47,51-53H,4-6,9,12-13,15-16,18-20,22-26H2,1-3H3,(H3,46,48,49)/t32-,35+,36+,37-,38-,43-/m1/s1. The summed E-state index contributed by atoms with van der Waals surface area (Å²) in [5.74, 6) is 16.6. The number of aliphatic imine (C=N–C) groups is 1. The topological polar surface area (TPSA) is 168 Å². The third-order valence-corrected chi connectivity index (χ3v) is 14.9. The SMILES string of the molecule is COc1c(O)ccc2c1C#CCc1cc(c3c4c1OCNC1(CC#C[C@H]5NC(N)=N[C@@H](C(C)C)CSSC[C@H]5[C@H](C3)[C@H](O)O4)CCCCC1)CC[C@@H](O)CC(=O)CC2. The van der Waals surface area contributed by atoms with E-state index in [4.69, 9.17) is 24.9 Å². The average molecular weight is 831 g/mol. The van der Waals surface area contributed by atoms with Crippen molar-refractivity contribution in [2.45, 2.75) is 127 Å². The average Bonchev–Trinajstić information content (AvgIpc) is 3.19. The van der Waals surface area contributed by atoms with Crippen LogP contribution in [-0.4, -0.2) is 82.4 Å². The van der Waals surface area contributed by atoms with E-state index in [-0.39, 0.29) is 66.7 Å². The van der Waals surface area contributed by atoms with Crippen molar-refractivity contribution < 1.29 is 34.3 Å². The highest BCUT2D eigenvalue weighted by Gasteiger charge is 2.42. The zero-order chi connectivity index (χ0) is 40.8. The molecule has 4 aliphatic heterocycles. The number of ether oxygens (including phenoxy) is 3. The van der Waals surface area contributed by atoms with Crippen molar-refractivity contribution in [2.24, 2.45) is 28.5 Å². The van der Waals surface area contributed by atoms with E-state index in [1.165, 1.54) is 13.5 Å². The number of carbonyl (C=O) groups excluding carboxylic acids is 1. The first-order chi connectivity index (χ1) is 28.0. The van der Waals surface area contributed by atoms with E-state index in [1.807, 2.05) is 0 Å². The minimum atomic E-state index is -1.17. The number of methoxy groups -OCH3 is 1. The molecule has 8 rings (SSSR count). The largest absolute Gasteiger partial charge is 0.504 e. The Morgan fingerprint density at radius 2 is 1.81 bits per heavy atom. The molecular weight excluding hydrogens is 773 g/mol. The van der Waals surface area contributed by atoms with Gasteiger partial charge in [-0.3, -0.25) is 10.1 Å². The van der Waals surface area contributed by atoms with Gasteiger partial charge in [-0.2, -0.15) is 0 Å². The predicted octanol–water partition coefficient (Wildman–Crippen LogP) is 5.41. The molecule has 1 saturated carbocycles. The van der Waals surface area contributed by atoms with Gasteiger partial charge in [0.2, 0.25) is 6.29 Å². The summed E-state index contributed by atoms with van der Waals surface area (Å²) in [6.45, 7) is 4.53. The summed E-state index contributed by atoms with van der Waals surface area (Å²) < 4.78 is 19.0. The van der Waals surface area contributed by atoms with Crippen molar-refractivity contribution in [3.8, 4) is 46.7 Å². The molecule has 1 spiro atoms. The molecule has 2 aliphatic carbocycles. The van der Waals surface area contributed by atoms with Gasteiger partial charge in [-0.15, -0.1) is 0 Å². The molecule has 0 amide bonds. The lowest BCUT2D eigenvalue weighted by atomic mass is 9.78. The summed E-state index contributed by atoms with van der Waals surface area (Å²) in [4.78, 5) is 18.1. The molecule has 1 fully saturated rings. The van der Waals surface area contributed by atoms with Gasteiger partial charge in [-0.1, -0.05) is 90.5 Å². The lowest BCUT2D eigenvalue weighted by Crippen LogP contribution is -2.52. The summed E-state index contributed by atoms with van der Waals surface area (Å²) in [7, 11) is 5.04. The van der Waals surface area contributed by atoms with E-state index in [0.29, 0.717) is 66.8 Å². The predicted molar refractivity (Wildman–Crippen MR) is 230 cm³/mol. The highest BCUT2D eigenvalue weighted by Crippen LogP contribution is 2.47. The fourth-order valence-electron chi connectivity index (χ4n) is 8.97. The van der Waals surface area contributed by atoms with Crippen molar-refractivity contribution >= 4 is 33.3 Å². The van der Waals surface area contributed by atoms with E-state index in [0.717, 1.165) is 53.7 Å². The molecule has 6 atom stereocenters. The number of aromatic hydroxyl groups is 1. The van der Waals surface area contributed by atoms with Crippen molar-refractivity contribution in [3.05, 3.63) is 46.0 Å². The van der Waals surface area contributed by atoms with Crippen LogP contribution in [0.15, 0.2) is 23.2 Å². The zero-order valence-electron chi connectivity index (χ0n) is 33.9. The lowest BCUT2D eigenvalue weighted by molar-refractivity contribution is -0.121. The molecule has 2 aromatic rings. The van der Waals surface area contributed by atoms with Crippen molar-refractivity contribution in [1.82, 2.24) is 10.6 Å². The second-order valence-electron chi connectivity index (χ2n) is 16.8. The number of benzene rings is 2. The molecule has 6 bridgehead atoms. The third kappa shape index (κ3) is 9.83. The Hall–Kier alpha value is -3.72.